The van der Waals surface area contributed by atoms with Crippen LogP contribution in [0.5, 0.6) is 0 Å². The number of carbonyl (C=O) groups excluding carboxylic acids is 1. The standard InChI is InChI=1S/C29H31Cl2FN2O/c1-29(2,3)22-9-6-20(7-10-22)18-34(14-12-19-8-11-25(31)26(32)15-19)28(35)24-17-23(30)16-21-5-4-13-33-27(21)24/h6-11,15-17,33H,4-5,12-14,18H2,1-3H3. The third kappa shape index (κ3) is 6.17. The third-order valence-electron chi connectivity index (χ3n) is 6.47. The first-order valence-electron chi connectivity index (χ1n) is 12.0. The first-order chi connectivity index (χ1) is 16.6. The molecular weight excluding hydrogens is 482 g/mol. The van der Waals surface area contributed by atoms with Crippen LogP contribution >= 0.6 is 23.2 Å². The lowest BCUT2D eigenvalue weighted by molar-refractivity contribution is 0.0746. The zero-order valence-electron chi connectivity index (χ0n) is 20.4. The number of hydrogen-bond donors (Lipinski definition) is 1. The number of halogens is 3. The van der Waals surface area contributed by atoms with Gasteiger partial charge in [0.2, 0.25) is 0 Å². The molecule has 4 rings (SSSR count). The molecule has 0 fully saturated rings. The van der Waals surface area contributed by atoms with Gasteiger partial charge >= 0.3 is 0 Å². The van der Waals surface area contributed by atoms with E-state index in [-0.39, 0.29) is 16.3 Å². The molecule has 0 saturated heterocycles. The van der Waals surface area contributed by atoms with E-state index in [4.69, 9.17) is 23.2 Å². The van der Waals surface area contributed by atoms with Crippen molar-refractivity contribution in [2.24, 2.45) is 0 Å². The zero-order chi connectivity index (χ0) is 25.2. The van der Waals surface area contributed by atoms with Crippen molar-refractivity contribution in [3.05, 3.63) is 98.3 Å². The highest BCUT2D eigenvalue weighted by molar-refractivity contribution is 6.31. The van der Waals surface area contributed by atoms with E-state index in [9.17, 15) is 9.18 Å². The average molecular weight is 513 g/mol. The highest BCUT2D eigenvalue weighted by atomic mass is 35.5. The van der Waals surface area contributed by atoms with Crippen LogP contribution in [-0.4, -0.2) is 23.9 Å². The number of hydrogen-bond acceptors (Lipinski definition) is 2. The van der Waals surface area contributed by atoms with Gasteiger partial charge in [-0.25, -0.2) is 4.39 Å². The molecule has 3 aromatic carbocycles. The Bertz CT molecular complexity index is 1220. The van der Waals surface area contributed by atoms with Gasteiger partial charge in [-0.15, -0.1) is 0 Å². The van der Waals surface area contributed by atoms with Gasteiger partial charge in [0.25, 0.3) is 5.91 Å². The van der Waals surface area contributed by atoms with E-state index in [0.29, 0.717) is 30.1 Å². The maximum Gasteiger partial charge on any atom is 0.256 e. The molecule has 6 heteroatoms. The van der Waals surface area contributed by atoms with Crippen molar-refractivity contribution in [2.75, 3.05) is 18.4 Å². The molecule has 1 heterocycles. The molecule has 1 amide bonds. The van der Waals surface area contributed by atoms with Gasteiger partial charge in [-0.1, -0.05) is 74.3 Å². The van der Waals surface area contributed by atoms with Crippen LogP contribution in [-0.2, 0) is 24.8 Å². The maximum atomic E-state index is 14.0. The zero-order valence-corrected chi connectivity index (χ0v) is 21.9. The van der Waals surface area contributed by atoms with E-state index >= 15 is 0 Å². The van der Waals surface area contributed by atoms with Crippen molar-refractivity contribution >= 4 is 34.8 Å². The van der Waals surface area contributed by atoms with E-state index in [1.165, 1.54) is 11.6 Å². The summed E-state index contributed by atoms with van der Waals surface area (Å²) in [6.07, 6.45) is 2.41. The normalized spacial score (nSPS) is 13.2. The Kier molecular flexibility index (Phi) is 7.73. The largest absolute Gasteiger partial charge is 0.384 e. The molecule has 3 nitrogen and oxygen atoms in total. The maximum absolute atomic E-state index is 14.0. The Morgan fingerprint density at radius 2 is 1.74 bits per heavy atom. The van der Waals surface area contributed by atoms with E-state index in [1.807, 2.05) is 11.0 Å². The molecule has 0 radical (unpaired) electrons. The van der Waals surface area contributed by atoms with E-state index in [1.54, 1.807) is 18.2 Å². The summed E-state index contributed by atoms with van der Waals surface area (Å²) >= 11 is 12.3. The summed E-state index contributed by atoms with van der Waals surface area (Å²) in [5.41, 5.74) is 5.65. The minimum absolute atomic E-state index is 0.0538. The lowest BCUT2D eigenvalue weighted by Crippen LogP contribution is -2.33. The van der Waals surface area contributed by atoms with Crippen molar-refractivity contribution < 1.29 is 9.18 Å². The summed E-state index contributed by atoms with van der Waals surface area (Å²) in [6.45, 7) is 8.24. The van der Waals surface area contributed by atoms with E-state index in [0.717, 1.165) is 41.8 Å². The third-order valence-corrected chi connectivity index (χ3v) is 7.00. The minimum atomic E-state index is -0.451. The summed E-state index contributed by atoms with van der Waals surface area (Å²) in [7, 11) is 0. The van der Waals surface area contributed by atoms with Gasteiger partial charge < -0.3 is 10.2 Å². The fourth-order valence-corrected chi connectivity index (χ4v) is 4.80. The van der Waals surface area contributed by atoms with Crippen molar-refractivity contribution in [3.63, 3.8) is 0 Å². The molecule has 0 bridgehead atoms. The van der Waals surface area contributed by atoms with Crippen molar-refractivity contribution in [1.29, 1.82) is 0 Å². The average Bonchev–Trinajstić information content (AvgIpc) is 2.82. The van der Waals surface area contributed by atoms with Crippen LogP contribution in [0.1, 0.15) is 59.8 Å². The molecule has 3 aromatic rings. The summed E-state index contributed by atoms with van der Waals surface area (Å²) < 4.78 is 14.0. The second-order valence-electron chi connectivity index (χ2n) is 10.2. The Hall–Kier alpha value is -2.56. The van der Waals surface area contributed by atoms with Crippen molar-refractivity contribution in [3.8, 4) is 0 Å². The van der Waals surface area contributed by atoms with Crippen molar-refractivity contribution in [1.82, 2.24) is 4.90 Å². The molecule has 35 heavy (non-hydrogen) atoms. The molecule has 0 aromatic heterocycles. The van der Waals surface area contributed by atoms with E-state index in [2.05, 4.69) is 50.4 Å². The second-order valence-corrected chi connectivity index (χ2v) is 11.0. The van der Waals surface area contributed by atoms with Crippen molar-refractivity contribution in [2.45, 2.75) is 52.0 Å². The number of aryl methyl sites for hydroxylation is 1. The number of rotatable bonds is 6. The summed E-state index contributed by atoms with van der Waals surface area (Å²) in [4.78, 5) is 15.7. The highest BCUT2D eigenvalue weighted by Gasteiger charge is 2.24. The SMILES string of the molecule is CC(C)(C)c1ccc(CN(CCc2ccc(Cl)c(F)c2)C(=O)c2cc(Cl)cc3c2NCCC3)cc1. The van der Waals surface area contributed by atoms with Crippen LogP contribution in [0.4, 0.5) is 10.1 Å². The van der Waals surface area contributed by atoms with Crippen LogP contribution in [0, 0.1) is 5.82 Å². The first-order valence-corrected chi connectivity index (χ1v) is 12.8. The summed E-state index contributed by atoms with van der Waals surface area (Å²) in [5.74, 6) is -0.541. The van der Waals surface area contributed by atoms with Crippen LogP contribution in [0.2, 0.25) is 10.0 Å². The summed E-state index contributed by atoms with van der Waals surface area (Å²) in [5, 5.41) is 4.05. The fraction of sp³-hybridized carbons (Fsp3) is 0.345. The highest BCUT2D eigenvalue weighted by Crippen LogP contribution is 2.31. The van der Waals surface area contributed by atoms with Crippen LogP contribution in [0.3, 0.4) is 0 Å². The van der Waals surface area contributed by atoms with Gasteiger partial charge in [-0.3, -0.25) is 4.79 Å². The number of nitrogens with zero attached hydrogens (tertiary/aromatic N) is 1. The monoisotopic (exact) mass is 512 g/mol. The molecular formula is C29H31Cl2FN2O. The predicted octanol–water partition coefficient (Wildman–Crippen LogP) is 7.67. The topological polar surface area (TPSA) is 32.3 Å². The molecule has 0 spiro atoms. The fourth-order valence-electron chi connectivity index (χ4n) is 4.44. The number of amides is 1. The second kappa shape index (κ2) is 10.6. The molecule has 0 atom stereocenters. The summed E-state index contributed by atoms with van der Waals surface area (Å²) in [6, 6.07) is 16.9. The minimum Gasteiger partial charge on any atom is -0.384 e. The Labute approximate surface area is 217 Å². The van der Waals surface area contributed by atoms with Crippen LogP contribution < -0.4 is 5.32 Å². The quantitative estimate of drug-likeness (QED) is 0.367. The first kappa shape index (κ1) is 25.5. The molecule has 1 N–H and O–H groups in total. The number of anilines is 1. The number of carbonyl (C=O) groups is 1. The van der Waals surface area contributed by atoms with Gasteiger partial charge in [0, 0.05) is 24.7 Å². The van der Waals surface area contributed by atoms with Gasteiger partial charge in [0.15, 0.2) is 0 Å². The van der Waals surface area contributed by atoms with Gasteiger partial charge in [-0.2, -0.15) is 0 Å². The van der Waals surface area contributed by atoms with Gasteiger partial charge in [0.1, 0.15) is 5.82 Å². The van der Waals surface area contributed by atoms with Gasteiger partial charge in [-0.05, 0) is 71.2 Å². The van der Waals surface area contributed by atoms with Crippen LogP contribution in [0.15, 0.2) is 54.6 Å². The molecule has 1 aliphatic heterocycles. The van der Waals surface area contributed by atoms with E-state index < -0.39 is 5.82 Å². The molecule has 0 aliphatic carbocycles. The molecule has 0 unspecified atom stereocenters. The number of nitrogens with one attached hydrogen (secondary N) is 1. The molecule has 1 aliphatic rings. The Morgan fingerprint density at radius 1 is 1.03 bits per heavy atom. The predicted molar refractivity (Wildman–Crippen MR) is 143 cm³/mol. The number of fused-ring (bicyclic) bond motifs is 1. The Balaban J connectivity index is 1.63. The lowest BCUT2D eigenvalue weighted by Gasteiger charge is -2.27. The molecule has 0 saturated carbocycles. The number of benzene rings is 3. The van der Waals surface area contributed by atoms with Gasteiger partial charge in [0.05, 0.1) is 16.3 Å². The molecule has 184 valence electrons. The smallest absolute Gasteiger partial charge is 0.256 e. The lowest BCUT2D eigenvalue weighted by atomic mass is 9.87. The Morgan fingerprint density at radius 3 is 2.43 bits per heavy atom. The van der Waals surface area contributed by atoms with Crippen LogP contribution in [0.25, 0.3) is 0 Å².